The van der Waals surface area contributed by atoms with Crippen LogP contribution in [0.3, 0.4) is 0 Å². The number of carbonyl (C=O) groups is 5. The van der Waals surface area contributed by atoms with Gasteiger partial charge in [-0.25, -0.2) is 4.79 Å². The molecule has 0 bridgehead atoms. The molecule has 0 radical (unpaired) electrons. The normalized spacial score (nSPS) is 18.9. The van der Waals surface area contributed by atoms with Crippen molar-refractivity contribution in [2.75, 3.05) is 6.54 Å². The number of nitrogens with zero attached hydrogens (tertiary/aromatic N) is 1. The lowest BCUT2D eigenvalue weighted by atomic mass is 9.99. The number of hydrogen-bond donors (Lipinski definition) is 2. The second-order valence-corrected chi connectivity index (χ2v) is 8.32. The van der Waals surface area contributed by atoms with E-state index in [0.717, 1.165) is 4.90 Å². The minimum absolute atomic E-state index is 0.0764. The average molecular weight is 415 g/mol. The molecule has 2 heterocycles. The highest BCUT2D eigenvalue weighted by atomic mass is 16.6. The van der Waals surface area contributed by atoms with Gasteiger partial charge in [-0.1, -0.05) is 12.1 Å². The van der Waals surface area contributed by atoms with Gasteiger partial charge in [0, 0.05) is 13.0 Å². The summed E-state index contributed by atoms with van der Waals surface area (Å²) in [6, 6.07) is 4.01. The minimum atomic E-state index is -0.989. The molecule has 30 heavy (non-hydrogen) atoms. The van der Waals surface area contributed by atoms with Crippen LogP contribution >= 0.6 is 0 Å². The lowest BCUT2D eigenvalue weighted by Gasteiger charge is -2.27. The van der Waals surface area contributed by atoms with Crippen molar-refractivity contribution in [1.82, 2.24) is 15.5 Å². The topological polar surface area (TPSA) is 122 Å². The zero-order chi connectivity index (χ0) is 22.1. The summed E-state index contributed by atoms with van der Waals surface area (Å²) in [5, 5.41) is 4.84. The van der Waals surface area contributed by atoms with Crippen LogP contribution in [0.5, 0.6) is 0 Å². The average Bonchev–Trinajstić information content (AvgIpc) is 2.89. The Labute approximate surface area is 174 Å². The summed E-state index contributed by atoms with van der Waals surface area (Å²) < 4.78 is 5.18. The fourth-order valence-corrected chi connectivity index (χ4v) is 3.58. The molecule has 0 aliphatic carbocycles. The molecule has 1 atom stereocenters. The highest BCUT2D eigenvalue weighted by Crippen LogP contribution is 2.30. The maximum atomic E-state index is 13.0. The largest absolute Gasteiger partial charge is 0.444 e. The molecule has 0 spiro atoms. The van der Waals surface area contributed by atoms with Gasteiger partial charge in [-0.3, -0.25) is 29.4 Å². The van der Waals surface area contributed by atoms with Crippen LogP contribution in [0, 0.1) is 0 Å². The van der Waals surface area contributed by atoms with Crippen LogP contribution in [0.2, 0.25) is 0 Å². The van der Waals surface area contributed by atoms with Crippen LogP contribution in [0.4, 0.5) is 4.79 Å². The predicted molar refractivity (Wildman–Crippen MR) is 106 cm³/mol. The van der Waals surface area contributed by atoms with Gasteiger partial charge in [0.15, 0.2) is 0 Å². The van der Waals surface area contributed by atoms with E-state index in [9.17, 15) is 24.0 Å². The smallest absolute Gasteiger partial charge is 0.407 e. The Morgan fingerprint density at radius 3 is 2.60 bits per heavy atom. The Balaban J connectivity index is 1.67. The van der Waals surface area contributed by atoms with Gasteiger partial charge < -0.3 is 10.1 Å². The molecule has 5 amide bonds. The zero-order valence-corrected chi connectivity index (χ0v) is 17.2. The highest BCUT2D eigenvalue weighted by molar-refractivity contribution is 6.24. The van der Waals surface area contributed by atoms with Gasteiger partial charge >= 0.3 is 6.09 Å². The summed E-state index contributed by atoms with van der Waals surface area (Å²) in [5.74, 6) is -2.10. The Kier molecular flexibility index (Phi) is 5.91. The summed E-state index contributed by atoms with van der Waals surface area (Å²) in [5.41, 5.74) is 0.620. The molecule has 1 aromatic rings. The number of nitrogens with one attached hydrogen (secondary N) is 2. The van der Waals surface area contributed by atoms with Crippen molar-refractivity contribution in [2.24, 2.45) is 0 Å². The van der Waals surface area contributed by atoms with E-state index in [-0.39, 0.29) is 24.0 Å². The van der Waals surface area contributed by atoms with E-state index < -0.39 is 41.4 Å². The predicted octanol–water partition coefficient (Wildman–Crippen LogP) is 1.55. The van der Waals surface area contributed by atoms with E-state index in [0.29, 0.717) is 24.9 Å². The van der Waals surface area contributed by atoms with Crippen molar-refractivity contribution in [3.05, 3.63) is 34.9 Å². The number of imide groups is 2. The maximum absolute atomic E-state index is 13.0. The number of carbonyl (C=O) groups excluding carboxylic acids is 5. The molecule has 2 aliphatic heterocycles. The van der Waals surface area contributed by atoms with Crippen molar-refractivity contribution < 1.29 is 28.7 Å². The molecular formula is C21H25N3O6. The van der Waals surface area contributed by atoms with Crippen molar-refractivity contribution in [1.29, 1.82) is 0 Å². The molecule has 9 nitrogen and oxygen atoms in total. The third kappa shape index (κ3) is 4.50. The second kappa shape index (κ2) is 8.25. The first-order valence-corrected chi connectivity index (χ1v) is 9.89. The van der Waals surface area contributed by atoms with Crippen LogP contribution in [-0.4, -0.2) is 52.8 Å². The Bertz CT molecular complexity index is 918. The van der Waals surface area contributed by atoms with E-state index in [4.69, 9.17) is 4.74 Å². The summed E-state index contributed by atoms with van der Waals surface area (Å²) in [6.45, 7) is 5.67. The first-order chi connectivity index (χ1) is 14.1. The van der Waals surface area contributed by atoms with Crippen molar-refractivity contribution in [3.8, 4) is 0 Å². The van der Waals surface area contributed by atoms with Crippen LogP contribution in [-0.2, 0) is 20.7 Å². The molecule has 1 fully saturated rings. The van der Waals surface area contributed by atoms with Crippen LogP contribution in [0.25, 0.3) is 0 Å². The number of aryl methyl sites for hydroxylation is 1. The molecule has 0 saturated carbocycles. The molecule has 0 aromatic heterocycles. The van der Waals surface area contributed by atoms with Crippen molar-refractivity contribution >= 4 is 29.7 Å². The van der Waals surface area contributed by atoms with Gasteiger partial charge in [0.2, 0.25) is 11.8 Å². The Hall–Kier alpha value is -3.23. The number of hydrogen-bond acceptors (Lipinski definition) is 6. The standard InChI is InChI=1S/C21H25N3O6/c1-21(2,3)30-20(29)22-11-5-7-12-6-4-8-13-16(12)19(28)24(18(13)27)14-9-10-15(25)23-17(14)26/h4,6,8,14H,5,7,9-11H2,1-3H3,(H,22,29)(H,23,25,26). The first-order valence-electron chi connectivity index (χ1n) is 9.89. The van der Waals surface area contributed by atoms with Gasteiger partial charge in [-0.15, -0.1) is 0 Å². The summed E-state index contributed by atoms with van der Waals surface area (Å²) in [6.07, 6.45) is 0.672. The number of ether oxygens (including phenoxy) is 1. The minimum Gasteiger partial charge on any atom is -0.444 e. The molecule has 1 saturated heterocycles. The van der Waals surface area contributed by atoms with Gasteiger partial charge in [-0.05, 0) is 51.7 Å². The third-order valence-corrected chi connectivity index (χ3v) is 4.85. The fraction of sp³-hybridized carbons (Fsp3) is 0.476. The molecule has 3 rings (SSSR count). The highest BCUT2D eigenvalue weighted by Gasteiger charge is 2.45. The lowest BCUT2D eigenvalue weighted by Crippen LogP contribution is -2.54. The van der Waals surface area contributed by atoms with E-state index in [2.05, 4.69) is 10.6 Å². The first kappa shape index (κ1) is 21.5. The van der Waals surface area contributed by atoms with Crippen molar-refractivity contribution in [2.45, 2.75) is 58.1 Å². The van der Waals surface area contributed by atoms with Crippen molar-refractivity contribution in [3.63, 3.8) is 0 Å². The molecule has 2 N–H and O–H groups in total. The van der Waals surface area contributed by atoms with Gasteiger partial charge in [0.25, 0.3) is 11.8 Å². The number of benzene rings is 1. The molecule has 1 unspecified atom stereocenters. The number of amides is 5. The van der Waals surface area contributed by atoms with E-state index >= 15 is 0 Å². The van der Waals surface area contributed by atoms with Gasteiger partial charge in [-0.2, -0.15) is 0 Å². The number of alkyl carbamates (subject to hydrolysis) is 1. The van der Waals surface area contributed by atoms with Crippen LogP contribution < -0.4 is 10.6 Å². The molecule has 1 aromatic carbocycles. The number of rotatable bonds is 5. The van der Waals surface area contributed by atoms with Gasteiger partial charge in [0.05, 0.1) is 11.1 Å². The van der Waals surface area contributed by atoms with Crippen LogP contribution in [0.15, 0.2) is 18.2 Å². The molecule has 160 valence electrons. The molecular weight excluding hydrogens is 390 g/mol. The quantitative estimate of drug-likeness (QED) is 0.556. The monoisotopic (exact) mass is 415 g/mol. The Morgan fingerprint density at radius 2 is 1.93 bits per heavy atom. The van der Waals surface area contributed by atoms with E-state index in [1.54, 1.807) is 39.0 Å². The maximum Gasteiger partial charge on any atom is 0.407 e. The summed E-state index contributed by atoms with van der Waals surface area (Å²) in [7, 11) is 0. The number of piperidine rings is 1. The summed E-state index contributed by atoms with van der Waals surface area (Å²) in [4.78, 5) is 62.0. The SMILES string of the molecule is CC(C)(C)OC(=O)NCCCc1cccc2c1C(=O)N(C1CCC(=O)NC1=O)C2=O. The van der Waals surface area contributed by atoms with Gasteiger partial charge in [0.1, 0.15) is 11.6 Å². The van der Waals surface area contributed by atoms with E-state index in [1.807, 2.05) is 0 Å². The lowest BCUT2D eigenvalue weighted by molar-refractivity contribution is -0.136. The van der Waals surface area contributed by atoms with Crippen LogP contribution in [0.1, 0.15) is 66.3 Å². The zero-order valence-electron chi connectivity index (χ0n) is 17.2. The molecule has 9 heteroatoms. The molecule has 2 aliphatic rings. The fourth-order valence-electron chi connectivity index (χ4n) is 3.58. The summed E-state index contributed by atoms with van der Waals surface area (Å²) >= 11 is 0. The van der Waals surface area contributed by atoms with E-state index in [1.165, 1.54) is 0 Å². The third-order valence-electron chi connectivity index (χ3n) is 4.85. The second-order valence-electron chi connectivity index (χ2n) is 8.32. The Morgan fingerprint density at radius 1 is 1.20 bits per heavy atom. The number of fused-ring (bicyclic) bond motifs is 1.